The summed E-state index contributed by atoms with van der Waals surface area (Å²) in [6.45, 7) is 0.525. The molecule has 0 aliphatic heterocycles. The molecule has 0 bridgehead atoms. The fraction of sp³-hybridized carbons (Fsp3) is 0.188. The lowest BCUT2D eigenvalue weighted by atomic mass is 10.2. The van der Waals surface area contributed by atoms with Crippen molar-refractivity contribution in [2.75, 3.05) is 7.11 Å². The van der Waals surface area contributed by atoms with Gasteiger partial charge in [-0.1, -0.05) is 12.1 Å². The summed E-state index contributed by atoms with van der Waals surface area (Å²) in [6.07, 6.45) is 1.77. The molecule has 0 saturated heterocycles. The van der Waals surface area contributed by atoms with Gasteiger partial charge in [-0.2, -0.15) is 5.10 Å². The number of aromatic nitrogens is 5. The number of benzene rings is 1. The molecule has 0 radical (unpaired) electrons. The molecule has 6 nitrogen and oxygen atoms in total. The van der Waals surface area contributed by atoms with E-state index in [9.17, 15) is 0 Å². The first-order chi connectivity index (χ1) is 11.2. The molecule has 4 rings (SSSR count). The Kier molecular flexibility index (Phi) is 3.39. The van der Waals surface area contributed by atoms with Crippen molar-refractivity contribution in [3.8, 4) is 11.5 Å². The third-order valence-corrected chi connectivity index (χ3v) is 4.20. The normalized spacial score (nSPS) is 11.6. The first-order valence-electron chi connectivity index (χ1n) is 7.12. The van der Waals surface area contributed by atoms with Crippen LogP contribution < -0.4 is 0 Å². The number of imidazole rings is 1. The molecule has 0 atom stereocenters. The number of nitrogens with zero attached hydrogens (tertiary/aromatic N) is 4. The quantitative estimate of drug-likeness (QED) is 0.598. The van der Waals surface area contributed by atoms with Gasteiger partial charge in [0, 0.05) is 30.4 Å². The molecule has 0 unspecified atom stereocenters. The lowest BCUT2D eigenvalue weighted by molar-refractivity contribution is 0.186. The van der Waals surface area contributed by atoms with Crippen LogP contribution in [0.15, 0.2) is 34.9 Å². The van der Waals surface area contributed by atoms with E-state index >= 15 is 0 Å². The van der Waals surface area contributed by atoms with E-state index in [-0.39, 0.29) is 0 Å². The van der Waals surface area contributed by atoms with Crippen LogP contribution in [0.3, 0.4) is 0 Å². The highest BCUT2D eigenvalue weighted by Crippen LogP contribution is 2.29. The summed E-state index contributed by atoms with van der Waals surface area (Å²) < 4.78 is 7.93. The maximum atomic E-state index is 5.25. The molecule has 4 aromatic rings. The number of aryl methyl sites for hydroxylation is 1. The highest BCUT2D eigenvalue weighted by Gasteiger charge is 2.16. The summed E-state index contributed by atoms with van der Waals surface area (Å²) in [6, 6.07) is 8.02. The highest BCUT2D eigenvalue weighted by atomic mass is 79.9. The number of pyridine rings is 1. The van der Waals surface area contributed by atoms with Crippen molar-refractivity contribution in [2.45, 2.75) is 6.61 Å². The molecule has 3 aromatic heterocycles. The average molecular weight is 372 g/mol. The molecule has 0 fully saturated rings. The third-order valence-electron chi connectivity index (χ3n) is 3.77. The zero-order chi connectivity index (χ0) is 16.0. The SMILES string of the molecule is COCc1cccc2[nH]c(-c3nn(C)c4ncc(Br)cc34)nc12. The Morgan fingerprint density at radius 2 is 2.22 bits per heavy atom. The number of para-hydroxylation sites is 1. The van der Waals surface area contributed by atoms with Crippen molar-refractivity contribution in [2.24, 2.45) is 7.05 Å². The number of hydrogen-bond donors (Lipinski definition) is 1. The van der Waals surface area contributed by atoms with Crippen LogP contribution in [0.4, 0.5) is 0 Å². The van der Waals surface area contributed by atoms with Gasteiger partial charge in [0.15, 0.2) is 11.5 Å². The largest absolute Gasteiger partial charge is 0.380 e. The van der Waals surface area contributed by atoms with Crippen LogP contribution in [-0.4, -0.2) is 31.8 Å². The smallest absolute Gasteiger partial charge is 0.159 e. The number of hydrogen-bond acceptors (Lipinski definition) is 4. The van der Waals surface area contributed by atoms with Crippen molar-refractivity contribution in [1.29, 1.82) is 0 Å². The van der Waals surface area contributed by atoms with Crippen LogP contribution in [-0.2, 0) is 18.4 Å². The Bertz CT molecular complexity index is 1020. The number of halogens is 1. The van der Waals surface area contributed by atoms with Crippen LogP contribution in [0.2, 0.25) is 0 Å². The minimum absolute atomic E-state index is 0.525. The molecule has 3 heterocycles. The summed E-state index contributed by atoms with van der Waals surface area (Å²) >= 11 is 3.47. The summed E-state index contributed by atoms with van der Waals surface area (Å²) in [5.74, 6) is 0.731. The lowest BCUT2D eigenvalue weighted by Crippen LogP contribution is -1.91. The number of fused-ring (bicyclic) bond motifs is 2. The predicted octanol–water partition coefficient (Wildman–Crippen LogP) is 3.42. The fourth-order valence-corrected chi connectivity index (χ4v) is 3.10. The van der Waals surface area contributed by atoms with Gasteiger partial charge < -0.3 is 9.72 Å². The van der Waals surface area contributed by atoms with Crippen LogP contribution in [0.25, 0.3) is 33.6 Å². The molecule has 0 saturated carbocycles. The van der Waals surface area contributed by atoms with Crippen molar-refractivity contribution in [3.63, 3.8) is 0 Å². The van der Waals surface area contributed by atoms with Crippen molar-refractivity contribution >= 4 is 38.0 Å². The maximum absolute atomic E-state index is 5.25. The van der Waals surface area contributed by atoms with E-state index in [1.54, 1.807) is 18.0 Å². The predicted molar refractivity (Wildman–Crippen MR) is 92.0 cm³/mol. The topological polar surface area (TPSA) is 68.6 Å². The van der Waals surface area contributed by atoms with Gasteiger partial charge in [0.2, 0.25) is 0 Å². The minimum atomic E-state index is 0.525. The van der Waals surface area contributed by atoms with Crippen molar-refractivity contribution in [1.82, 2.24) is 24.7 Å². The number of ether oxygens (including phenoxy) is 1. The molecule has 0 spiro atoms. The van der Waals surface area contributed by atoms with Crippen LogP contribution in [0, 0.1) is 0 Å². The van der Waals surface area contributed by atoms with Crippen LogP contribution >= 0.6 is 15.9 Å². The van der Waals surface area contributed by atoms with Crippen LogP contribution in [0.5, 0.6) is 0 Å². The monoisotopic (exact) mass is 371 g/mol. The van der Waals surface area contributed by atoms with Gasteiger partial charge in [0.05, 0.1) is 23.0 Å². The standard InChI is InChI=1S/C16H14BrN5O/c1-22-16-11(6-10(17)7-18-16)14(21-22)15-19-12-5-3-4-9(8-23-2)13(12)20-15/h3-7H,8H2,1-2H3,(H,19,20). The number of H-pyrrole nitrogens is 1. The molecular weight excluding hydrogens is 358 g/mol. The van der Waals surface area contributed by atoms with Gasteiger partial charge in [-0.25, -0.2) is 14.6 Å². The zero-order valence-electron chi connectivity index (χ0n) is 12.7. The second kappa shape index (κ2) is 5.43. The minimum Gasteiger partial charge on any atom is -0.380 e. The van der Waals surface area contributed by atoms with Crippen molar-refractivity contribution in [3.05, 3.63) is 40.5 Å². The van der Waals surface area contributed by atoms with E-state index in [4.69, 9.17) is 9.72 Å². The molecule has 7 heteroatoms. The number of nitrogens with one attached hydrogen (secondary N) is 1. The first kappa shape index (κ1) is 14.3. The Hall–Kier alpha value is -2.25. The van der Waals surface area contributed by atoms with E-state index in [0.717, 1.165) is 43.6 Å². The van der Waals surface area contributed by atoms with E-state index < -0.39 is 0 Å². The van der Waals surface area contributed by atoms with Gasteiger partial charge in [-0.3, -0.25) is 0 Å². The number of aromatic amines is 1. The second-order valence-corrected chi connectivity index (χ2v) is 6.24. The zero-order valence-corrected chi connectivity index (χ0v) is 14.3. The number of rotatable bonds is 3. The Balaban J connectivity index is 1.96. The molecule has 116 valence electrons. The highest BCUT2D eigenvalue weighted by molar-refractivity contribution is 9.10. The van der Waals surface area contributed by atoms with Crippen molar-refractivity contribution < 1.29 is 4.74 Å². The summed E-state index contributed by atoms with van der Waals surface area (Å²) in [4.78, 5) is 12.5. The van der Waals surface area contributed by atoms with Crippen LogP contribution in [0.1, 0.15) is 5.56 Å². The van der Waals surface area contributed by atoms with Gasteiger partial charge in [-0.05, 0) is 28.1 Å². The summed E-state index contributed by atoms with van der Waals surface area (Å²) in [5.41, 5.74) is 4.53. The Labute approximate surface area is 140 Å². The van der Waals surface area contributed by atoms with E-state index in [0.29, 0.717) is 6.61 Å². The number of methoxy groups -OCH3 is 1. The summed E-state index contributed by atoms with van der Waals surface area (Å²) in [7, 11) is 3.56. The Morgan fingerprint density at radius 3 is 3.04 bits per heavy atom. The van der Waals surface area contributed by atoms with Gasteiger partial charge in [-0.15, -0.1) is 0 Å². The van der Waals surface area contributed by atoms with Gasteiger partial charge >= 0.3 is 0 Å². The van der Waals surface area contributed by atoms with Gasteiger partial charge in [0.25, 0.3) is 0 Å². The van der Waals surface area contributed by atoms with E-state index in [2.05, 4.69) is 31.0 Å². The molecule has 0 aliphatic carbocycles. The summed E-state index contributed by atoms with van der Waals surface area (Å²) in [5, 5.41) is 5.53. The second-order valence-electron chi connectivity index (χ2n) is 5.33. The third kappa shape index (κ3) is 2.32. The fourth-order valence-electron chi connectivity index (χ4n) is 2.77. The molecule has 0 aliphatic rings. The van der Waals surface area contributed by atoms with E-state index in [1.165, 1.54) is 0 Å². The molecular formula is C16H14BrN5O. The first-order valence-corrected chi connectivity index (χ1v) is 7.92. The Morgan fingerprint density at radius 1 is 1.35 bits per heavy atom. The lowest BCUT2D eigenvalue weighted by Gasteiger charge is -1.98. The molecule has 1 aromatic carbocycles. The molecule has 0 amide bonds. The molecule has 23 heavy (non-hydrogen) atoms. The molecule has 1 N–H and O–H groups in total. The van der Waals surface area contributed by atoms with E-state index in [1.807, 2.05) is 31.3 Å². The maximum Gasteiger partial charge on any atom is 0.159 e. The average Bonchev–Trinajstić information content (AvgIpc) is 3.09. The van der Waals surface area contributed by atoms with Gasteiger partial charge in [0.1, 0.15) is 5.69 Å².